The molecule has 0 bridgehead atoms. The number of hydrogen-bond donors (Lipinski definition) is 1. The summed E-state index contributed by atoms with van der Waals surface area (Å²) in [4.78, 5) is 12.9. The lowest BCUT2D eigenvalue weighted by Gasteiger charge is -2.18. The number of carbonyl (C=O) groups is 1. The van der Waals surface area contributed by atoms with Gasteiger partial charge in [-0.25, -0.2) is 0 Å². The molecule has 0 aromatic heterocycles. The van der Waals surface area contributed by atoms with Crippen LogP contribution in [0, 0.1) is 5.92 Å². The molecule has 1 rings (SSSR count). The van der Waals surface area contributed by atoms with Gasteiger partial charge in [0.1, 0.15) is 0 Å². The molecule has 1 saturated heterocycles. The SMILES string of the molecule is CC(CO)CN1CCCC1=O. The van der Waals surface area contributed by atoms with Crippen molar-refractivity contribution in [3.05, 3.63) is 0 Å². The lowest BCUT2D eigenvalue weighted by molar-refractivity contribution is -0.128. The molecule has 0 aromatic carbocycles. The molecule has 3 nitrogen and oxygen atoms in total. The van der Waals surface area contributed by atoms with Crippen LogP contribution in [-0.4, -0.2) is 35.6 Å². The van der Waals surface area contributed by atoms with Gasteiger partial charge in [-0.05, 0) is 12.3 Å². The van der Waals surface area contributed by atoms with Crippen molar-refractivity contribution >= 4 is 5.91 Å². The summed E-state index contributed by atoms with van der Waals surface area (Å²) in [5.74, 6) is 0.461. The third-order valence-electron chi connectivity index (χ3n) is 2.02. The normalized spacial score (nSPS) is 20.9. The highest BCUT2D eigenvalue weighted by Crippen LogP contribution is 2.11. The molecule has 1 aliphatic rings. The molecular weight excluding hydrogens is 142 g/mol. The average Bonchev–Trinajstić information content (AvgIpc) is 2.37. The van der Waals surface area contributed by atoms with Gasteiger partial charge in [0, 0.05) is 26.1 Å². The molecule has 1 heterocycles. The number of carbonyl (C=O) groups excluding carboxylic acids is 1. The highest BCUT2D eigenvalue weighted by atomic mass is 16.3. The topological polar surface area (TPSA) is 40.5 Å². The zero-order valence-corrected chi connectivity index (χ0v) is 6.92. The van der Waals surface area contributed by atoms with Crippen molar-refractivity contribution in [2.45, 2.75) is 19.8 Å². The molecule has 0 saturated carbocycles. The molecule has 11 heavy (non-hydrogen) atoms. The third kappa shape index (κ3) is 2.19. The summed E-state index contributed by atoms with van der Waals surface area (Å²) >= 11 is 0. The van der Waals surface area contributed by atoms with Crippen molar-refractivity contribution in [1.82, 2.24) is 4.90 Å². The molecule has 0 aliphatic carbocycles. The molecule has 1 amide bonds. The summed E-state index contributed by atoms with van der Waals surface area (Å²) in [7, 11) is 0. The smallest absolute Gasteiger partial charge is 0.222 e. The molecule has 0 aromatic rings. The van der Waals surface area contributed by atoms with Crippen LogP contribution in [0.2, 0.25) is 0 Å². The Kier molecular flexibility index (Phi) is 2.88. The van der Waals surface area contributed by atoms with Gasteiger partial charge in [0.25, 0.3) is 0 Å². The van der Waals surface area contributed by atoms with E-state index in [1.54, 1.807) is 0 Å². The molecule has 64 valence electrons. The van der Waals surface area contributed by atoms with Crippen LogP contribution in [-0.2, 0) is 4.79 Å². The van der Waals surface area contributed by atoms with Gasteiger partial charge in [-0.2, -0.15) is 0 Å². The molecular formula is C8H15NO2. The minimum atomic E-state index is 0.170. The molecule has 1 N–H and O–H groups in total. The quantitative estimate of drug-likeness (QED) is 0.637. The number of aliphatic hydroxyl groups is 1. The van der Waals surface area contributed by atoms with Crippen LogP contribution in [0.4, 0.5) is 0 Å². The van der Waals surface area contributed by atoms with Crippen molar-refractivity contribution in [2.75, 3.05) is 19.7 Å². The van der Waals surface area contributed by atoms with Crippen molar-refractivity contribution in [3.8, 4) is 0 Å². The number of rotatable bonds is 3. The van der Waals surface area contributed by atoms with Gasteiger partial charge in [-0.1, -0.05) is 6.92 Å². The van der Waals surface area contributed by atoms with Gasteiger partial charge in [0.15, 0.2) is 0 Å². The van der Waals surface area contributed by atoms with E-state index in [1.165, 1.54) is 0 Å². The van der Waals surface area contributed by atoms with Crippen LogP contribution >= 0.6 is 0 Å². The monoisotopic (exact) mass is 157 g/mol. The van der Waals surface area contributed by atoms with E-state index in [9.17, 15) is 4.79 Å². The Balaban J connectivity index is 2.30. The lowest BCUT2D eigenvalue weighted by Crippen LogP contribution is -2.30. The second-order valence-corrected chi connectivity index (χ2v) is 3.23. The van der Waals surface area contributed by atoms with Gasteiger partial charge in [-0.3, -0.25) is 4.79 Å². The number of likely N-dealkylation sites (tertiary alicyclic amines) is 1. The van der Waals surface area contributed by atoms with Crippen LogP contribution in [0.1, 0.15) is 19.8 Å². The molecule has 1 aliphatic heterocycles. The van der Waals surface area contributed by atoms with Gasteiger partial charge in [-0.15, -0.1) is 0 Å². The first-order valence-corrected chi connectivity index (χ1v) is 4.12. The highest BCUT2D eigenvalue weighted by Gasteiger charge is 2.20. The Hall–Kier alpha value is -0.570. The summed E-state index contributed by atoms with van der Waals surface area (Å²) in [6.45, 7) is 3.72. The summed E-state index contributed by atoms with van der Waals surface area (Å²) < 4.78 is 0. The number of amides is 1. The van der Waals surface area contributed by atoms with E-state index in [4.69, 9.17) is 5.11 Å². The second kappa shape index (κ2) is 3.72. The third-order valence-corrected chi connectivity index (χ3v) is 2.02. The van der Waals surface area contributed by atoms with E-state index in [0.29, 0.717) is 6.42 Å². The first kappa shape index (κ1) is 8.53. The van der Waals surface area contributed by atoms with Crippen molar-refractivity contribution in [1.29, 1.82) is 0 Å². The van der Waals surface area contributed by atoms with Crippen LogP contribution in [0.15, 0.2) is 0 Å². The van der Waals surface area contributed by atoms with Gasteiger partial charge in [0.2, 0.25) is 5.91 Å². The second-order valence-electron chi connectivity index (χ2n) is 3.23. The maximum absolute atomic E-state index is 11.1. The van der Waals surface area contributed by atoms with E-state index in [1.807, 2.05) is 11.8 Å². The Morgan fingerprint density at radius 3 is 2.91 bits per heavy atom. The predicted octanol–water partition coefficient (Wildman–Crippen LogP) is 0.237. The maximum atomic E-state index is 11.1. The van der Waals surface area contributed by atoms with Gasteiger partial charge < -0.3 is 10.0 Å². The van der Waals surface area contributed by atoms with E-state index < -0.39 is 0 Å². The summed E-state index contributed by atoms with van der Waals surface area (Å²) in [5, 5.41) is 8.74. The molecule has 1 atom stereocenters. The standard InChI is InChI=1S/C8H15NO2/c1-7(6-10)5-9-4-2-3-8(9)11/h7,10H,2-6H2,1H3. The number of hydrogen-bond acceptors (Lipinski definition) is 2. The van der Waals surface area contributed by atoms with E-state index >= 15 is 0 Å². The van der Waals surface area contributed by atoms with E-state index in [2.05, 4.69) is 0 Å². The Labute approximate surface area is 67.0 Å². The van der Waals surface area contributed by atoms with Crippen molar-refractivity contribution < 1.29 is 9.90 Å². The average molecular weight is 157 g/mol. The predicted molar refractivity (Wildman–Crippen MR) is 42.1 cm³/mol. The molecule has 1 unspecified atom stereocenters. The van der Waals surface area contributed by atoms with Crippen molar-refractivity contribution in [2.24, 2.45) is 5.92 Å². The van der Waals surface area contributed by atoms with Crippen LogP contribution in [0.3, 0.4) is 0 Å². The molecule has 3 heteroatoms. The molecule has 0 radical (unpaired) electrons. The first-order chi connectivity index (χ1) is 5.24. The zero-order chi connectivity index (χ0) is 8.27. The fourth-order valence-corrected chi connectivity index (χ4v) is 1.33. The maximum Gasteiger partial charge on any atom is 0.222 e. The summed E-state index contributed by atoms with van der Waals surface area (Å²) in [6.07, 6.45) is 1.68. The first-order valence-electron chi connectivity index (χ1n) is 4.12. The van der Waals surface area contributed by atoms with Gasteiger partial charge in [0.05, 0.1) is 0 Å². The fraction of sp³-hybridized carbons (Fsp3) is 0.875. The van der Waals surface area contributed by atoms with Crippen LogP contribution in [0.25, 0.3) is 0 Å². The molecule has 1 fully saturated rings. The largest absolute Gasteiger partial charge is 0.396 e. The highest BCUT2D eigenvalue weighted by molar-refractivity contribution is 5.78. The minimum Gasteiger partial charge on any atom is -0.396 e. The Morgan fingerprint density at radius 2 is 2.45 bits per heavy atom. The zero-order valence-electron chi connectivity index (χ0n) is 6.92. The fourth-order valence-electron chi connectivity index (χ4n) is 1.33. The van der Waals surface area contributed by atoms with Crippen LogP contribution < -0.4 is 0 Å². The van der Waals surface area contributed by atoms with Crippen molar-refractivity contribution in [3.63, 3.8) is 0 Å². The Morgan fingerprint density at radius 1 is 1.73 bits per heavy atom. The van der Waals surface area contributed by atoms with Gasteiger partial charge >= 0.3 is 0 Å². The summed E-state index contributed by atoms with van der Waals surface area (Å²) in [6, 6.07) is 0. The summed E-state index contributed by atoms with van der Waals surface area (Å²) in [5.41, 5.74) is 0. The number of nitrogens with zero attached hydrogens (tertiary/aromatic N) is 1. The van der Waals surface area contributed by atoms with E-state index in [-0.39, 0.29) is 18.4 Å². The van der Waals surface area contributed by atoms with Crippen LogP contribution in [0.5, 0.6) is 0 Å². The van der Waals surface area contributed by atoms with E-state index in [0.717, 1.165) is 19.5 Å². The minimum absolute atomic E-state index is 0.170. The Bertz CT molecular complexity index is 147. The lowest BCUT2D eigenvalue weighted by atomic mass is 10.2. The molecule has 0 spiro atoms. The number of aliphatic hydroxyl groups excluding tert-OH is 1.